The van der Waals surface area contributed by atoms with Crippen molar-refractivity contribution in [1.29, 1.82) is 5.26 Å². The third-order valence-corrected chi connectivity index (χ3v) is 4.91. The van der Waals surface area contributed by atoms with Crippen LogP contribution in [0.5, 0.6) is 0 Å². The van der Waals surface area contributed by atoms with Crippen molar-refractivity contribution in [2.24, 2.45) is 0 Å². The summed E-state index contributed by atoms with van der Waals surface area (Å²) in [7, 11) is -3.79. The SMILES string of the molecule is Cc1cc(C#N)ccc1S(=O)(=O)N[C@@H](CO)c1ccccc1. The molecule has 0 aliphatic carbocycles. The zero-order valence-electron chi connectivity index (χ0n) is 12.0. The number of sulfonamides is 1. The maximum atomic E-state index is 12.5. The van der Waals surface area contributed by atoms with Gasteiger partial charge in [0.25, 0.3) is 0 Å². The van der Waals surface area contributed by atoms with E-state index in [-0.39, 0.29) is 11.5 Å². The lowest BCUT2D eigenvalue weighted by Crippen LogP contribution is -2.31. The molecule has 0 unspecified atom stereocenters. The van der Waals surface area contributed by atoms with Crippen molar-refractivity contribution in [2.75, 3.05) is 6.61 Å². The molecule has 0 fully saturated rings. The molecular formula is C16H16N2O3S. The Balaban J connectivity index is 2.33. The van der Waals surface area contributed by atoms with Gasteiger partial charge in [-0.3, -0.25) is 0 Å². The molecule has 5 nitrogen and oxygen atoms in total. The summed E-state index contributed by atoms with van der Waals surface area (Å²) in [6, 6.07) is 14.5. The van der Waals surface area contributed by atoms with Crippen LogP contribution in [0.1, 0.15) is 22.7 Å². The van der Waals surface area contributed by atoms with E-state index < -0.39 is 16.1 Å². The van der Waals surface area contributed by atoms with E-state index in [1.165, 1.54) is 18.2 Å². The maximum absolute atomic E-state index is 12.5. The highest BCUT2D eigenvalue weighted by Crippen LogP contribution is 2.20. The van der Waals surface area contributed by atoms with Gasteiger partial charge >= 0.3 is 0 Å². The molecule has 0 heterocycles. The summed E-state index contributed by atoms with van der Waals surface area (Å²) in [4.78, 5) is 0.0980. The smallest absolute Gasteiger partial charge is 0.241 e. The fourth-order valence-electron chi connectivity index (χ4n) is 2.17. The average Bonchev–Trinajstić information content (AvgIpc) is 2.53. The summed E-state index contributed by atoms with van der Waals surface area (Å²) in [5, 5.41) is 18.3. The zero-order chi connectivity index (χ0) is 16.2. The molecule has 0 bridgehead atoms. The van der Waals surface area contributed by atoms with Crippen molar-refractivity contribution in [2.45, 2.75) is 17.9 Å². The lowest BCUT2D eigenvalue weighted by atomic mass is 10.1. The Bertz CT molecular complexity index is 796. The fraction of sp³-hybridized carbons (Fsp3) is 0.188. The number of nitrogens with one attached hydrogen (secondary N) is 1. The Kier molecular flexibility index (Phi) is 4.93. The largest absolute Gasteiger partial charge is 0.394 e. The first-order valence-corrected chi connectivity index (χ1v) is 8.15. The van der Waals surface area contributed by atoms with Gasteiger partial charge in [-0.1, -0.05) is 30.3 Å². The number of hydrogen-bond donors (Lipinski definition) is 2. The van der Waals surface area contributed by atoms with Gasteiger partial charge in [-0.2, -0.15) is 5.26 Å². The number of rotatable bonds is 5. The maximum Gasteiger partial charge on any atom is 0.241 e. The third-order valence-electron chi connectivity index (χ3n) is 3.28. The lowest BCUT2D eigenvalue weighted by Gasteiger charge is -2.17. The molecule has 2 aromatic carbocycles. The molecular weight excluding hydrogens is 300 g/mol. The van der Waals surface area contributed by atoms with Gasteiger partial charge in [0.1, 0.15) is 0 Å². The number of nitriles is 1. The highest BCUT2D eigenvalue weighted by molar-refractivity contribution is 7.89. The van der Waals surface area contributed by atoms with E-state index in [2.05, 4.69) is 4.72 Å². The van der Waals surface area contributed by atoms with E-state index in [9.17, 15) is 13.5 Å². The van der Waals surface area contributed by atoms with Crippen LogP contribution in [0.15, 0.2) is 53.4 Å². The molecule has 0 aliphatic heterocycles. The number of nitrogens with zero attached hydrogens (tertiary/aromatic N) is 1. The Morgan fingerprint density at radius 3 is 2.45 bits per heavy atom. The molecule has 0 aliphatic rings. The van der Waals surface area contributed by atoms with Crippen LogP contribution in [-0.4, -0.2) is 20.1 Å². The molecule has 114 valence electrons. The van der Waals surface area contributed by atoms with Gasteiger partial charge in [-0.25, -0.2) is 13.1 Å². The number of aliphatic hydroxyl groups excluding tert-OH is 1. The summed E-state index contributed by atoms with van der Waals surface area (Å²) < 4.78 is 27.5. The molecule has 0 saturated heterocycles. The van der Waals surface area contributed by atoms with E-state index in [0.717, 1.165) is 0 Å². The number of benzene rings is 2. The van der Waals surface area contributed by atoms with Gasteiger partial charge in [-0.15, -0.1) is 0 Å². The first kappa shape index (κ1) is 16.2. The topological polar surface area (TPSA) is 90.2 Å². The van der Waals surface area contributed by atoms with Crippen molar-refractivity contribution >= 4 is 10.0 Å². The second-order valence-electron chi connectivity index (χ2n) is 4.86. The number of hydrogen-bond acceptors (Lipinski definition) is 4. The Morgan fingerprint density at radius 1 is 1.23 bits per heavy atom. The predicted molar refractivity (Wildman–Crippen MR) is 82.5 cm³/mol. The van der Waals surface area contributed by atoms with E-state index >= 15 is 0 Å². The minimum Gasteiger partial charge on any atom is -0.394 e. The highest BCUT2D eigenvalue weighted by Gasteiger charge is 2.22. The van der Waals surface area contributed by atoms with Crippen LogP contribution in [0.3, 0.4) is 0 Å². The predicted octanol–water partition coefficient (Wildman–Crippen LogP) is 1.88. The van der Waals surface area contributed by atoms with Crippen molar-refractivity contribution in [1.82, 2.24) is 4.72 Å². The molecule has 1 atom stereocenters. The first-order valence-electron chi connectivity index (χ1n) is 6.67. The van der Waals surface area contributed by atoms with E-state index in [0.29, 0.717) is 16.7 Å². The van der Waals surface area contributed by atoms with Crippen LogP contribution < -0.4 is 4.72 Å². The Hall–Kier alpha value is -2.20. The van der Waals surface area contributed by atoms with Crippen LogP contribution >= 0.6 is 0 Å². The van der Waals surface area contributed by atoms with Crippen molar-refractivity contribution in [3.8, 4) is 6.07 Å². The fourth-order valence-corrected chi connectivity index (χ4v) is 3.61. The first-order chi connectivity index (χ1) is 10.5. The molecule has 0 amide bonds. The molecule has 0 spiro atoms. The van der Waals surface area contributed by atoms with Gasteiger partial charge in [0.05, 0.1) is 29.2 Å². The van der Waals surface area contributed by atoms with Crippen molar-refractivity contribution < 1.29 is 13.5 Å². The Labute approximate surface area is 129 Å². The summed E-state index contributed by atoms with van der Waals surface area (Å²) in [6.45, 7) is 1.28. The van der Waals surface area contributed by atoms with Crippen LogP contribution in [0.4, 0.5) is 0 Å². The van der Waals surface area contributed by atoms with Gasteiger partial charge in [-0.05, 0) is 36.2 Å². The van der Waals surface area contributed by atoms with Gasteiger partial charge in [0.15, 0.2) is 0 Å². The lowest BCUT2D eigenvalue weighted by molar-refractivity contribution is 0.259. The Morgan fingerprint density at radius 2 is 1.91 bits per heavy atom. The summed E-state index contributed by atoms with van der Waals surface area (Å²) in [5.41, 5.74) is 1.56. The number of aliphatic hydroxyl groups is 1. The van der Waals surface area contributed by atoms with E-state index in [1.807, 2.05) is 12.1 Å². The van der Waals surface area contributed by atoms with Gasteiger partial charge < -0.3 is 5.11 Å². The summed E-state index contributed by atoms with van der Waals surface area (Å²) >= 11 is 0. The van der Waals surface area contributed by atoms with Crippen molar-refractivity contribution in [3.05, 3.63) is 65.2 Å². The van der Waals surface area contributed by atoms with Crippen LogP contribution in [0.25, 0.3) is 0 Å². The number of aryl methyl sites for hydroxylation is 1. The highest BCUT2D eigenvalue weighted by atomic mass is 32.2. The van der Waals surface area contributed by atoms with E-state index in [4.69, 9.17) is 5.26 Å². The standard InChI is InChI=1S/C16H16N2O3S/c1-12-9-13(10-17)7-8-16(12)22(20,21)18-15(11-19)14-5-3-2-4-6-14/h2-9,15,18-19H,11H2,1H3/t15-/m0/s1. The molecule has 0 saturated carbocycles. The molecule has 6 heteroatoms. The monoisotopic (exact) mass is 316 g/mol. The van der Waals surface area contributed by atoms with Crippen molar-refractivity contribution in [3.63, 3.8) is 0 Å². The van der Waals surface area contributed by atoms with Gasteiger partial charge in [0.2, 0.25) is 10.0 Å². The molecule has 2 N–H and O–H groups in total. The minimum atomic E-state index is -3.79. The van der Waals surface area contributed by atoms with Crippen LogP contribution in [0, 0.1) is 18.3 Å². The van der Waals surface area contributed by atoms with E-state index in [1.54, 1.807) is 31.2 Å². The quantitative estimate of drug-likeness (QED) is 0.881. The zero-order valence-corrected chi connectivity index (χ0v) is 12.8. The van der Waals surface area contributed by atoms with Gasteiger partial charge in [0, 0.05) is 0 Å². The molecule has 22 heavy (non-hydrogen) atoms. The second kappa shape index (κ2) is 6.71. The second-order valence-corrected chi connectivity index (χ2v) is 6.54. The third kappa shape index (κ3) is 3.52. The van der Waals surface area contributed by atoms with Crippen LogP contribution in [-0.2, 0) is 10.0 Å². The minimum absolute atomic E-state index is 0.0980. The molecule has 2 aromatic rings. The molecule has 0 aromatic heterocycles. The molecule has 2 rings (SSSR count). The average molecular weight is 316 g/mol. The molecule has 0 radical (unpaired) electrons. The summed E-state index contributed by atoms with van der Waals surface area (Å²) in [5.74, 6) is 0. The van der Waals surface area contributed by atoms with Crippen LogP contribution in [0.2, 0.25) is 0 Å². The summed E-state index contributed by atoms with van der Waals surface area (Å²) in [6.07, 6.45) is 0. The normalized spacial score (nSPS) is 12.6.